The molecule has 1 fully saturated rings. The second-order valence-electron chi connectivity index (χ2n) is 6.86. The van der Waals surface area contributed by atoms with Gasteiger partial charge in [-0.1, -0.05) is 30.3 Å². The van der Waals surface area contributed by atoms with E-state index in [4.69, 9.17) is 0 Å². The van der Waals surface area contributed by atoms with Gasteiger partial charge in [-0.15, -0.1) is 6.58 Å². The molecule has 1 aromatic heterocycles. The Balaban J connectivity index is 1.84. The highest BCUT2D eigenvalue weighted by Crippen LogP contribution is 2.33. The maximum Gasteiger partial charge on any atom is 0.0491 e. The molecule has 1 N–H and O–H groups in total. The van der Waals surface area contributed by atoms with Crippen LogP contribution in [-0.4, -0.2) is 35.6 Å². The molecule has 0 bridgehead atoms. The number of rotatable bonds is 5. The molecule has 130 valence electrons. The molecule has 1 aliphatic rings. The van der Waals surface area contributed by atoms with Crippen molar-refractivity contribution in [3.8, 4) is 0 Å². The predicted molar refractivity (Wildman–Crippen MR) is 107 cm³/mol. The van der Waals surface area contributed by atoms with Crippen molar-refractivity contribution < 1.29 is 0 Å². The Morgan fingerprint density at radius 3 is 2.60 bits per heavy atom. The number of benzene rings is 2. The van der Waals surface area contributed by atoms with Gasteiger partial charge in [-0.3, -0.25) is 4.90 Å². The van der Waals surface area contributed by atoms with Gasteiger partial charge >= 0.3 is 0 Å². The average molecular weight is 333 g/mol. The Labute approximate surface area is 149 Å². The van der Waals surface area contributed by atoms with Crippen LogP contribution in [0.25, 0.3) is 21.8 Å². The van der Waals surface area contributed by atoms with E-state index in [0.29, 0.717) is 6.04 Å². The summed E-state index contributed by atoms with van der Waals surface area (Å²) in [7, 11) is 0. The zero-order valence-corrected chi connectivity index (χ0v) is 15.0. The fourth-order valence-electron chi connectivity index (χ4n) is 4.27. The van der Waals surface area contributed by atoms with Crippen LogP contribution < -0.4 is 5.32 Å². The summed E-state index contributed by atoms with van der Waals surface area (Å²) < 4.78 is 2.42. The second-order valence-corrected chi connectivity index (χ2v) is 6.86. The first kappa shape index (κ1) is 16.4. The van der Waals surface area contributed by atoms with Crippen molar-refractivity contribution in [2.24, 2.45) is 0 Å². The van der Waals surface area contributed by atoms with Gasteiger partial charge < -0.3 is 9.88 Å². The van der Waals surface area contributed by atoms with Gasteiger partial charge in [-0.25, -0.2) is 0 Å². The van der Waals surface area contributed by atoms with Crippen LogP contribution >= 0.6 is 0 Å². The number of para-hydroxylation sites is 1. The Kier molecular flexibility index (Phi) is 4.60. The van der Waals surface area contributed by atoms with E-state index in [2.05, 4.69) is 76.8 Å². The van der Waals surface area contributed by atoms with Gasteiger partial charge in [0.2, 0.25) is 0 Å². The monoisotopic (exact) mass is 333 g/mol. The zero-order valence-electron chi connectivity index (χ0n) is 15.0. The largest absolute Gasteiger partial charge is 0.341 e. The van der Waals surface area contributed by atoms with Crippen LogP contribution in [-0.2, 0) is 6.54 Å². The molecule has 2 heterocycles. The first-order valence-corrected chi connectivity index (χ1v) is 9.40. The third kappa shape index (κ3) is 2.88. The lowest BCUT2D eigenvalue weighted by Crippen LogP contribution is -2.45. The third-order valence-corrected chi connectivity index (χ3v) is 5.48. The van der Waals surface area contributed by atoms with E-state index in [0.717, 1.165) is 39.1 Å². The summed E-state index contributed by atoms with van der Waals surface area (Å²) in [5.74, 6) is 0. The van der Waals surface area contributed by atoms with E-state index < -0.39 is 0 Å². The molecule has 0 amide bonds. The summed E-state index contributed by atoms with van der Waals surface area (Å²) >= 11 is 0. The Bertz CT molecular complexity index is 887. The van der Waals surface area contributed by atoms with E-state index in [9.17, 15) is 0 Å². The maximum atomic E-state index is 4.00. The van der Waals surface area contributed by atoms with E-state index in [1.54, 1.807) is 0 Å². The van der Waals surface area contributed by atoms with E-state index >= 15 is 0 Å². The molecule has 25 heavy (non-hydrogen) atoms. The van der Waals surface area contributed by atoms with Gasteiger partial charge in [0.05, 0.1) is 0 Å². The molecule has 0 saturated carbocycles. The van der Waals surface area contributed by atoms with Gasteiger partial charge in [0, 0.05) is 60.6 Å². The molecule has 0 radical (unpaired) electrons. The summed E-state index contributed by atoms with van der Waals surface area (Å²) in [5.41, 5.74) is 4.08. The van der Waals surface area contributed by atoms with Crippen molar-refractivity contribution in [1.82, 2.24) is 14.8 Å². The molecular formula is C22H27N3. The standard InChI is InChI=1S/C22H27N3/c1-3-7-20(24-14-12-23-13-15-24)17-10-11-22-19(16-17)18-8-5-6-9-21(18)25(22)4-2/h3,5-6,8-11,16,20,23H,1,4,7,12-15H2,2H3/t20-/m0/s1. The van der Waals surface area contributed by atoms with Gasteiger partial charge in [-0.2, -0.15) is 0 Å². The summed E-state index contributed by atoms with van der Waals surface area (Å²) in [6, 6.07) is 16.2. The highest BCUT2D eigenvalue weighted by atomic mass is 15.2. The van der Waals surface area contributed by atoms with Crippen LogP contribution in [0.1, 0.15) is 24.9 Å². The second kappa shape index (κ2) is 7.03. The third-order valence-electron chi connectivity index (χ3n) is 5.48. The van der Waals surface area contributed by atoms with Crippen molar-refractivity contribution in [3.05, 3.63) is 60.7 Å². The molecule has 1 saturated heterocycles. The van der Waals surface area contributed by atoms with Crippen LogP contribution in [0.3, 0.4) is 0 Å². The quantitative estimate of drug-likeness (QED) is 0.701. The van der Waals surface area contributed by atoms with Crippen LogP contribution in [0.15, 0.2) is 55.1 Å². The van der Waals surface area contributed by atoms with Crippen molar-refractivity contribution in [2.45, 2.75) is 25.9 Å². The summed E-state index contributed by atoms with van der Waals surface area (Å²) in [6.07, 6.45) is 3.06. The minimum Gasteiger partial charge on any atom is -0.341 e. The summed E-state index contributed by atoms with van der Waals surface area (Å²) in [4.78, 5) is 2.60. The minimum atomic E-state index is 0.424. The molecule has 3 heteroatoms. The maximum absolute atomic E-state index is 4.00. The number of hydrogen-bond acceptors (Lipinski definition) is 2. The van der Waals surface area contributed by atoms with Crippen LogP contribution in [0.5, 0.6) is 0 Å². The normalized spacial score (nSPS) is 17.2. The highest BCUT2D eigenvalue weighted by molar-refractivity contribution is 6.08. The number of aryl methyl sites for hydroxylation is 1. The highest BCUT2D eigenvalue weighted by Gasteiger charge is 2.22. The average Bonchev–Trinajstić information content (AvgIpc) is 3.00. The molecule has 1 atom stereocenters. The number of piperazine rings is 1. The van der Waals surface area contributed by atoms with Crippen LogP contribution in [0.4, 0.5) is 0 Å². The first-order valence-electron chi connectivity index (χ1n) is 9.40. The number of nitrogens with zero attached hydrogens (tertiary/aromatic N) is 2. The number of fused-ring (bicyclic) bond motifs is 3. The van der Waals surface area contributed by atoms with Crippen LogP contribution in [0.2, 0.25) is 0 Å². The smallest absolute Gasteiger partial charge is 0.0491 e. The molecular weight excluding hydrogens is 306 g/mol. The molecule has 3 aromatic rings. The lowest BCUT2D eigenvalue weighted by atomic mass is 9.99. The van der Waals surface area contributed by atoms with Crippen molar-refractivity contribution >= 4 is 21.8 Å². The molecule has 0 unspecified atom stereocenters. The fourth-order valence-corrected chi connectivity index (χ4v) is 4.27. The van der Waals surface area contributed by atoms with E-state index in [1.165, 1.54) is 27.4 Å². The summed E-state index contributed by atoms with van der Waals surface area (Å²) in [6.45, 7) is 11.6. The molecule has 0 spiro atoms. The molecule has 4 rings (SSSR count). The van der Waals surface area contributed by atoms with Gasteiger partial charge in [0.15, 0.2) is 0 Å². The Hall–Kier alpha value is -2.10. The predicted octanol–water partition coefficient (Wildman–Crippen LogP) is 4.34. The van der Waals surface area contributed by atoms with Crippen LogP contribution in [0, 0.1) is 0 Å². The Morgan fingerprint density at radius 2 is 1.84 bits per heavy atom. The van der Waals surface area contributed by atoms with Gasteiger partial charge in [0.1, 0.15) is 0 Å². The van der Waals surface area contributed by atoms with Gasteiger partial charge in [0.25, 0.3) is 0 Å². The Morgan fingerprint density at radius 1 is 1.08 bits per heavy atom. The lowest BCUT2D eigenvalue weighted by molar-refractivity contribution is 0.174. The molecule has 0 aliphatic carbocycles. The molecule has 2 aromatic carbocycles. The number of hydrogen-bond donors (Lipinski definition) is 1. The first-order chi connectivity index (χ1) is 12.3. The zero-order chi connectivity index (χ0) is 17.2. The lowest BCUT2D eigenvalue weighted by Gasteiger charge is -2.35. The number of aromatic nitrogens is 1. The molecule has 3 nitrogen and oxygen atoms in total. The van der Waals surface area contributed by atoms with E-state index in [1.807, 2.05) is 0 Å². The van der Waals surface area contributed by atoms with Crippen molar-refractivity contribution in [1.29, 1.82) is 0 Å². The molecule has 1 aliphatic heterocycles. The van der Waals surface area contributed by atoms with Gasteiger partial charge in [-0.05, 0) is 37.1 Å². The number of nitrogens with one attached hydrogen (secondary N) is 1. The van der Waals surface area contributed by atoms with E-state index in [-0.39, 0.29) is 0 Å². The summed E-state index contributed by atoms with van der Waals surface area (Å²) in [5, 5.41) is 6.19. The van der Waals surface area contributed by atoms with Crippen molar-refractivity contribution in [3.63, 3.8) is 0 Å². The van der Waals surface area contributed by atoms with Crippen molar-refractivity contribution in [2.75, 3.05) is 26.2 Å². The topological polar surface area (TPSA) is 20.2 Å². The fraction of sp³-hybridized carbons (Fsp3) is 0.364. The minimum absolute atomic E-state index is 0.424. The SMILES string of the molecule is C=CC[C@@H](c1ccc2c(c1)c1ccccc1n2CC)N1CCNCC1.